The number of hydrogen-bond acceptors (Lipinski definition) is 3. The van der Waals surface area contributed by atoms with Crippen molar-refractivity contribution in [1.82, 2.24) is 4.90 Å². The minimum absolute atomic E-state index is 0.00213. The normalized spacial score (nSPS) is 15.8. The van der Waals surface area contributed by atoms with Crippen LogP contribution in [0.25, 0.3) is 0 Å². The highest BCUT2D eigenvalue weighted by atomic mass is 16.5. The summed E-state index contributed by atoms with van der Waals surface area (Å²) < 4.78 is 5.63. The predicted octanol–water partition coefficient (Wildman–Crippen LogP) is 2.44. The molecule has 1 aliphatic rings. The van der Waals surface area contributed by atoms with Crippen LogP contribution in [-0.4, -0.2) is 30.5 Å². The van der Waals surface area contributed by atoms with Gasteiger partial charge in [-0.05, 0) is 43.9 Å². The average Bonchev–Trinajstić information content (AvgIpc) is 2.48. The van der Waals surface area contributed by atoms with Gasteiger partial charge in [-0.25, -0.2) is 0 Å². The third-order valence-electron chi connectivity index (χ3n) is 3.73. The number of carbonyl (C=O) groups is 1. The molecule has 4 heteroatoms. The molecule has 1 aromatic carbocycles. The molecule has 0 aromatic heterocycles. The van der Waals surface area contributed by atoms with E-state index in [-0.39, 0.29) is 18.4 Å². The molecule has 1 amide bonds. The van der Waals surface area contributed by atoms with Crippen LogP contribution in [0.2, 0.25) is 0 Å². The van der Waals surface area contributed by atoms with Gasteiger partial charge in [0.15, 0.2) is 6.61 Å². The third kappa shape index (κ3) is 3.51. The molecular weight excluding hydrogens is 252 g/mol. The number of nitrogens with zero attached hydrogens (tertiary/aromatic N) is 2. The Labute approximate surface area is 120 Å². The number of carbonyl (C=O) groups excluding carboxylic acids is 1. The van der Waals surface area contributed by atoms with E-state index >= 15 is 0 Å². The number of likely N-dealkylation sites (tertiary alicyclic amines) is 1. The van der Waals surface area contributed by atoms with Gasteiger partial charge in [0, 0.05) is 19.0 Å². The fourth-order valence-corrected chi connectivity index (χ4v) is 2.35. The number of amides is 1. The van der Waals surface area contributed by atoms with Crippen LogP contribution in [0.1, 0.15) is 24.0 Å². The van der Waals surface area contributed by atoms with Crippen molar-refractivity contribution in [3.8, 4) is 11.8 Å². The maximum atomic E-state index is 12.1. The van der Waals surface area contributed by atoms with E-state index in [1.54, 1.807) is 4.90 Å². The van der Waals surface area contributed by atoms with E-state index in [9.17, 15) is 4.79 Å². The summed E-state index contributed by atoms with van der Waals surface area (Å²) in [5, 5.41) is 8.85. The van der Waals surface area contributed by atoms with Crippen molar-refractivity contribution in [3.63, 3.8) is 0 Å². The predicted molar refractivity (Wildman–Crippen MR) is 76.3 cm³/mol. The highest BCUT2D eigenvalue weighted by Crippen LogP contribution is 2.20. The summed E-state index contributed by atoms with van der Waals surface area (Å²) in [6.45, 7) is 5.36. The fourth-order valence-electron chi connectivity index (χ4n) is 2.35. The Morgan fingerprint density at radius 1 is 1.40 bits per heavy atom. The lowest BCUT2D eigenvalue weighted by Gasteiger charge is -2.29. The summed E-state index contributed by atoms with van der Waals surface area (Å²) in [7, 11) is 0. The molecule has 0 bridgehead atoms. The summed E-state index contributed by atoms with van der Waals surface area (Å²) in [5.41, 5.74) is 2.15. The summed E-state index contributed by atoms with van der Waals surface area (Å²) in [5.74, 6) is 0.867. The summed E-state index contributed by atoms with van der Waals surface area (Å²) in [4.78, 5) is 13.9. The Balaban J connectivity index is 1.87. The molecule has 0 unspecified atom stereocenters. The van der Waals surface area contributed by atoms with Gasteiger partial charge in [-0.15, -0.1) is 0 Å². The van der Waals surface area contributed by atoms with E-state index in [1.165, 1.54) is 0 Å². The van der Waals surface area contributed by atoms with Crippen LogP contribution in [0.5, 0.6) is 5.75 Å². The monoisotopic (exact) mass is 272 g/mol. The van der Waals surface area contributed by atoms with Crippen molar-refractivity contribution < 1.29 is 9.53 Å². The second kappa shape index (κ2) is 6.42. The number of rotatable bonds is 3. The molecule has 1 heterocycles. The van der Waals surface area contributed by atoms with Gasteiger partial charge in [-0.2, -0.15) is 5.26 Å². The van der Waals surface area contributed by atoms with Crippen molar-refractivity contribution in [2.24, 2.45) is 5.92 Å². The molecule has 0 saturated carbocycles. The van der Waals surface area contributed by atoms with Crippen LogP contribution >= 0.6 is 0 Å². The van der Waals surface area contributed by atoms with Gasteiger partial charge in [0.1, 0.15) is 5.75 Å². The van der Waals surface area contributed by atoms with Gasteiger partial charge < -0.3 is 9.64 Å². The summed E-state index contributed by atoms with van der Waals surface area (Å²) in [6.07, 6.45) is 1.54. The molecule has 4 nitrogen and oxygen atoms in total. The van der Waals surface area contributed by atoms with Crippen LogP contribution < -0.4 is 4.74 Å². The Morgan fingerprint density at radius 2 is 2.10 bits per heavy atom. The molecule has 0 spiro atoms. The zero-order chi connectivity index (χ0) is 14.5. The SMILES string of the molecule is Cc1ccc(C)c(OCC(=O)N2CCC(C#N)CC2)c1. The lowest BCUT2D eigenvalue weighted by molar-refractivity contribution is -0.134. The number of benzene rings is 1. The third-order valence-corrected chi connectivity index (χ3v) is 3.73. The van der Waals surface area contributed by atoms with E-state index in [4.69, 9.17) is 10.00 Å². The van der Waals surface area contributed by atoms with E-state index in [0.717, 1.165) is 29.7 Å². The molecular formula is C16H20N2O2. The topological polar surface area (TPSA) is 53.3 Å². The van der Waals surface area contributed by atoms with Crippen molar-refractivity contribution in [2.45, 2.75) is 26.7 Å². The number of hydrogen-bond donors (Lipinski definition) is 0. The molecule has 0 N–H and O–H groups in total. The van der Waals surface area contributed by atoms with Gasteiger partial charge in [0.2, 0.25) is 0 Å². The molecule has 2 rings (SSSR count). The average molecular weight is 272 g/mol. The van der Waals surface area contributed by atoms with E-state index in [2.05, 4.69) is 6.07 Å². The lowest BCUT2D eigenvalue weighted by Crippen LogP contribution is -2.40. The molecule has 0 aliphatic carbocycles. The van der Waals surface area contributed by atoms with Crippen LogP contribution in [0, 0.1) is 31.1 Å². The van der Waals surface area contributed by atoms with Crippen LogP contribution in [0.3, 0.4) is 0 Å². The Morgan fingerprint density at radius 3 is 2.75 bits per heavy atom. The Kier molecular flexibility index (Phi) is 4.62. The van der Waals surface area contributed by atoms with Crippen molar-refractivity contribution in [3.05, 3.63) is 29.3 Å². The molecule has 1 aliphatic heterocycles. The molecule has 1 aromatic rings. The molecule has 106 valence electrons. The first-order valence-corrected chi connectivity index (χ1v) is 6.97. The van der Waals surface area contributed by atoms with Crippen LogP contribution in [-0.2, 0) is 4.79 Å². The van der Waals surface area contributed by atoms with E-state index in [1.807, 2.05) is 32.0 Å². The summed E-state index contributed by atoms with van der Waals surface area (Å²) >= 11 is 0. The van der Waals surface area contributed by atoms with Crippen molar-refractivity contribution in [2.75, 3.05) is 19.7 Å². The number of aryl methyl sites for hydroxylation is 2. The largest absolute Gasteiger partial charge is 0.483 e. The minimum atomic E-state index is 0.00213. The second-order valence-electron chi connectivity index (χ2n) is 5.34. The van der Waals surface area contributed by atoms with Crippen molar-refractivity contribution >= 4 is 5.91 Å². The maximum absolute atomic E-state index is 12.1. The second-order valence-corrected chi connectivity index (χ2v) is 5.34. The van der Waals surface area contributed by atoms with Gasteiger partial charge in [-0.3, -0.25) is 4.79 Å². The smallest absolute Gasteiger partial charge is 0.260 e. The van der Waals surface area contributed by atoms with Gasteiger partial charge in [-0.1, -0.05) is 12.1 Å². The van der Waals surface area contributed by atoms with Crippen molar-refractivity contribution in [1.29, 1.82) is 5.26 Å². The Hall–Kier alpha value is -2.02. The van der Waals surface area contributed by atoms with Gasteiger partial charge in [0.05, 0.1) is 6.07 Å². The summed E-state index contributed by atoms with van der Waals surface area (Å²) in [6, 6.07) is 8.23. The minimum Gasteiger partial charge on any atom is -0.483 e. The van der Waals surface area contributed by atoms with Crippen LogP contribution in [0.4, 0.5) is 0 Å². The number of nitriles is 1. The quantitative estimate of drug-likeness (QED) is 0.849. The standard InChI is InChI=1S/C16H20N2O2/c1-12-3-4-13(2)15(9-12)20-11-16(19)18-7-5-14(10-17)6-8-18/h3-4,9,14H,5-8,11H2,1-2H3. The molecule has 0 radical (unpaired) electrons. The van der Waals surface area contributed by atoms with Gasteiger partial charge in [0.25, 0.3) is 5.91 Å². The first-order chi connectivity index (χ1) is 9.60. The number of ether oxygens (including phenoxy) is 1. The first kappa shape index (κ1) is 14.4. The molecule has 0 atom stereocenters. The van der Waals surface area contributed by atoms with Gasteiger partial charge >= 0.3 is 0 Å². The Bertz CT molecular complexity index is 526. The van der Waals surface area contributed by atoms with E-state index < -0.39 is 0 Å². The van der Waals surface area contributed by atoms with Crippen LogP contribution in [0.15, 0.2) is 18.2 Å². The first-order valence-electron chi connectivity index (χ1n) is 6.97. The highest BCUT2D eigenvalue weighted by molar-refractivity contribution is 5.77. The maximum Gasteiger partial charge on any atom is 0.260 e. The molecule has 20 heavy (non-hydrogen) atoms. The zero-order valence-electron chi connectivity index (χ0n) is 12.1. The molecule has 1 saturated heterocycles. The van der Waals surface area contributed by atoms with E-state index in [0.29, 0.717) is 13.1 Å². The number of piperidine rings is 1. The highest BCUT2D eigenvalue weighted by Gasteiger charge is 2.22. The zero-order valence-corrected chi connectivity index (χ0v) is 12.1. The fraction of sp³-hybridized carbons (Fsp3) is 0.500. The lowest BCUT2D eigenvalue weighted by atomic mass is 9.99. The molecule has 1 fully saturated rings.